The summed E-state index contributed by atoms with van der Waals surface area (Å²) >= 11 is 10.9. The van der Waals surface area contributed by atoms with Gasteiger partial charge in [-0.25, -0.2) is 0 Å². The molecule has 0 N–H and O–H groups in total. The number of carbonyl (C=O) groups is 3. The standard InChI is InChI=1S/C29H26BrClN2O4S/c30-23-14-19(15-24(31)27(23)37-18-21-10-7-9-20-8-3-4-11-22(20)21)16-25-28(35)33(29(36)38-25)17-26(34)32-12-5-1-2-6-13-32/h3-4,7-11,14-16H,1-2,5-6,12-13,17-18H2. The van der Waals surface area contributed by atoms with E-state index in [4.69, 9.17) is 16.3 Å². The van der Waals surface area contributed by atoms with Crippen molar-refractivity contribution in [3.8, 4) is 5.75 Å². The Morgan fingerprint density at radius 2 is 1.76 bits per heavy atom. The molecule has 0 radical (unpaired) electrons. The molecule has 38 heavy (non-hydrogen) atoms. The van der Waals surface area contributed by atoms with E-state index in [-0.39, 0.29) is 17.4 Å². The van der Waals surface area contributed by atoms with Crippen LogP contribution in [-0.4, -0.2) is 46.5 Å². The number of hydrogen-bond acceptors (Lipinski definition) is 5. The lowest BCUT2D eigenvalue weighted by atomic mass is 10.1. The van der Waals surface area contributed by atoms with Gasteiger partial charge in [0.15, 0.2) is 5.75 Å². The molecule has 2 aliphatic rings. The summed E-state index contributed by atoms with van der Waals surface area (Å²) < 4.78 is 6.71. The molecule has 0 aliphatic carbocycles. The van der Waals surface area contributed by atoms with Crippen molar-refractivity contribution < 1.29 is 19.1 Å². The van der Waals surface area contributed by atoms with Crippen LogP contribution in [0.3, 0.4) is 0 Å². The summed E-state index contributed by atoms with van der Waals surface area (Å²) in [5, 5.41) is 2.19. The average molecular weight is 614 g/mol. The van der Waals surface area contributed by atoms with Crippen LogP contribution in [-0.2, 0) is 16.2 Å². The molecule has 0 bridgehead atoms. The van der Waals surface area contributed by atoms with Crippen LogP contribution in [0.4, 0.5) is 4.79 Å². The number of halogens is 2. The zero-order valence-corrected chi connectivity index (χ0v) is 23.8. The quantitative estimate of drug-likeness (QED) is 0.274. The predicted octanol–water partition coefficient (Wildman–Crippen LogP) is 7.27. The van der Waals surface area contributed by atoms with Crippen LogP contribution in [0.15, 0.2) is 64.0 Å². The fourth-order valence-corrected chi connectivity index (χ4v) is 6.54. The molecule has 2 saturated heterocycles. The summed E-state index contributed by atoms with van der Waals surface area (Å²) in [5.74, 6) is -0.159. The van der Waals surface area contributed by atoms with Crippen molar-refractivity contribution in [2.75, 3.05) is 19.6 Å². The molecule has 2 fully saturated rings. The number of likely N-dealkylation sites (tertiary alicyclic amines) is 1. The van der Waals surface area contributed by atoms with E-state index in [2.05, 4.69) is 34.1 Å². The second-order valence-corrected chi connectivity index (χ2v) is 11.6. The molecule has 3 aromatic carbocycles. The summed E-state index contributed by atoms with van der Waals surface area (Å²) in [4.78, 5) is 41.3. The molecule has 0 saturated carbocycles. The van der Waals surface area contributed by atoms with E-state index < -0.39 is 11.1 Å². The van der Waals surface area contributed by atoms with Crippen molar-refractivity contribution in [2.24, 2.45) is 0 Å². The zero-order valence-electron chi connectivity index (χ0n) is 20.6. The molecule has 0 unspecified atom stereocenters. The van der Waals surface area contributed by atoms with Crippen LogP contribution in [0.2, 0.25) is 5.02 Å². The first kappa shape index (κ1) is 26.8. The van der Waals surface area contributed by atoms with Crippen molar-refractivity contribution in [2.45, 2.75) is 32.3 Å². The van der Waals surface area contributed by atoms with Gasteiger partial charge in [-0.1, -0.05) is 66.9 Å². The monoisotopic (exact) mass is 612 g/mol. The van der Waals surface area contributed by atoms with Gasteiger partial charge in [0.25, 0.3) is 11.1 Å². The molecule has 9 heteroatoms. The van der Waals surface area contributed by atoms with Gasteiger partial charge in [0.05, 0.1) is 14.4 Å². The minimum atomic E-state index is -0.466. The van der Waals surface area contributed by atoms with Crippen LogP contribution in [0, 0.1) is 0 Å². The number of rotatable bonds is 6. The average Bonchev–Trinajstić information content (AvgIpc) is 3.09. The maximum atomic E-state index is 13.0. The van der Waals surface area contributed by atoms with E-state index in [9.17, 15) is 14.4 Å². The lowest BCUT2D eigenvalue weighted by molar-refractivity contribution is -0.135. The number of nitrogens with zero attached hydrogens (tertiary/aromatic N) is 2. The first-order valence-corrected chi connectivity index (χ1v) is 14.5. The zero-order chi connectivity index (χ0) is 26.6. The number of carbonyl (C=O) groups excluding carboxylic acids is 3. The topological polar surface area (TPSA) is 66.9 Å². The maximum Gasteiger partial charge on any atom is 0.294 e. The van der Waals surface area contributed by atoms with E-state index in [0.29, 0.717) is 40.5 Å². The summed E-state index contributed by atoms with van der Waals surface area (Å²) in [6.07, 6.45) is 5.71. The number of ether oxygens (including phenoxy) is 1. The van der Waals surface area contributed by atoms with Crippen LogP contribution in [0.5, 0.6) is 5.75 Å². The van der Waals surface area contributed by atoms with Gasteiger partial charge in [-0.15, -0.1) is 0 Å². The summed E-state index contributed by atoms with van der Waals surface area (Å²) in [7, 11) is 0. The van der Waals surface area contributed by atoms with Crippen LogP contribution < -0.4 is 4.74 Å². The fourth-order valence-electron chi connectivity index (χ4n) is 4.71. The van der Waals surface area contributed by atoms with Crippen molar-refractivity contribution in [1.29, 1.82) is 0 Å². The van der Waals surface area contributed by atoms with Gasteiger partial charge in [-0.05, 0) is 80.6 Å². The van der Waals surface area contributed by atoms with E-state index in [0.717, 1.165) is 58.7 Å². The maximum absolute atomic E-state index is 13.0. The lowest BCUT2D eigenvalue weighted by Crippen LogP contribution is -2.42. The lowest BCUT2D eigenvalue weighted by Gasteiger charge is -2.22. The van der Waals surface area contributed by atoms with Crippen molar-refractivity contribution in [3.63, 3.8) is 0 Å². The molecule has 2 aliphatic heterocycles. The molecule has 2 heterocycles. The van der Waals surface area contributed by atoms with E-state index >= 15 is 0 Å². The third kappa shape index (κ3) is 5.92. The number of fused-ring (bicyclic) bond motifs is 1. The van der Waals surface area contributed by atoms with Gasteiger partial charge in [0, 0.05) is 13.1 Å². The number of benzene rings is 3. The Morgan fingerprint density at radius 1 is 1.03 bits per heavy atom. The summed E-state index contributed by atoms with van der Waals surface area (Å²) in [6, 6.07) is 17.7. The Balaban J connectivity index is 1.28. The smallest absolute Gasteiger partial charge is 0.294 e. The molecule has 0 aromatic heterocycles. The molecular weight excluding hydrogens is 588 g/mol. The third-order valence-corrected chi connectivity index (χ3v) is 8.47. The van der Waals surface area contributed by atoms with Gasteiger partial charge in [-0.3, -0.25) is 19.3 Å². The Labute approximate surface area is 239 Å². The van der Waals surface area contributed by atoms with Gasteiger partial charge in [0.2, 0.25) is 5.91 Å². The Bertz CT molecular complexity index is 1410. The van der Waals surface area contributed by atoms with Gasteiger partial charge in [-0.2, -0.15) is 0 Å². The highest BCUT2D eigenvalue weighted by atomic mass is 79.9. The number of imide groups is 1. The summed E-state index contributed by atoms with van der Waals surface area (Å²) in [6.45, 7) is 1.45. The molecule has 5 rings (SSSR count). The minimum Gasteiger partial charge on any atom is -0.486 e. The molecule has 196 valence electrons. The van der Waals surface area contributed by atoms with Gasteiger partial charge >= 0.3 is 0 Å². The largest absolute Gasteiger partial charge is 0.486 e. The second-order valence-electron chi connectivity index (χ2n) is 9.30. The fraction of sp³-hybridized carbons (Fsp3) is 0.276. The first-order valence-electron chi connectivity index (χ1n) is 12.5. The Morgan fingerprint density at radius 3 is 2.53 bits per heavy atom. The molecule has 3 amide bonds. The molecule has 3 aromatic rings. The Kier molecular flexibility index (Phi) is 8.41. The molecule has 0 spiro atoms. The highest BCUT2D eigenvalue weighted by Gasteiger charge is 2.37. The minimum absolute atomic E-state index is 0.186. The highest BCUT2D eigenvalue weighted by molar-refractivity contribution is 9.10. The highest BCUT2D eigenvalue weighted by Crippen LogP contribution is 2.38. The molecule has 6 nitrogen and oxygen atoms in total. The molecule has 0 atom stereocenters. The molecular formula is C29H26BrClN2O4S. The SMILES string of the molecule is O=C(CN1C(=O)SC(=Cc2cc(Cl)c(OCc3cccc4ccccc34)c(Br)c2)C1=O)N1CCCCCC1. The van der Waals surface area contributed by atoms with Gasteiger partial charge in [0.1, 0.15) is 13.2 Å². The van der Waals surface area contributed by atoms with Gasteiger partial charge < -0.3 is 9.64 Å². The van der Waals surface area contributed by atoms with E-state index in [1.54, 1.807) is 23.1 Å². The third-order valence-electron chi connectivity index (χ3n) is 6.70. The van der Waals surface area contributed by atoms with Crippen molar-refractivity contribution >= 4 is 73.2 Å². The van der Waals surface area contributed by atoms with E-state index in [1.807, 2.05) is 24.3 Å². The number of thioether (sulfide) groups is 1. The van der Waals surface area contributed by atoms with Crippen LogP contribution in [0.1, 0.15) is 36.8 Å². The number of hydrogen-bond donors (Lipinski definition) is 0. The van der Waals surface area contributed by atoms with Crippen LogP contribution >= 0.6 is 39.3 Å². The normalized spacial score (nSPS) is 17.4. The van der Waals surface area contributed by atoms with E-state index in [1.165, 1.54) is 0 Å². The summed E-state index contributed by atoms with van der Waals surface area (Å²) in [5.41, 5.74) is 1.68. The first-order chi connectivity index (χ1) is 18.4. The van der Waals surface area contributed by atoms with Crippen LogP contribution in [0.25, 0.3) is 16.8 Å². The van der Waals surface area contributed by atoms with Crippen molar-refractivity contribution in [1.82, 2.24) is 9.80 Å². The predicted molar refractivity (Wildman–Crippen MR) is 155 cm³/mol. The van der Waals surface area contributed by atoms with Crippen molar-refractivity contribution in [3.05, 3.63) is 80.1 Å². The number of amides is 3. The second kappa shape index (κ2) is 11.9. The Hall–Kier alpha value is -2.81.